The van der Waals surface area contributed by atoms with Crippen molar-refractivity contribution in [2.24, 2.45) is 0 Å². The SMILES string of the molecule is CNC(=O)c1ccc(Nc2ncc3nnn(-c4cccc(F)c4)c3n2)cc1. The van der Waals surface area contributed by atoms with Gasteiger partial charge < -0.3 is 10.6 Å². The van der Waals surface area contributed by atoms with E-state index in [-0.39, 0.29) is 11.7 Å². The highest BCUT2D eigenvalue weighted by molar-refractivity contribution is 5.94. The normalized spacial score (nSPS) is 10.7. The molecule has 4 aromatic rings. The number of nitrogens with zero attached hydrogens (tertiary/aromatic N) is 5. The third-order valence-electron chi connectivity index (χ3n) is 3.88. The zero-order chi connectivity index (χ0) is 18.8. The first-order valence-corrected chi connectivity index (χ1v) is 8.07. The molecule has 0 fully saturated rings. The molecule has 4 rings (SSSR count). The maximum absolute atomic E-state index is 13.5. The molecule has 8 nitrogen and oxygen atoms in total. The zero-order valence-electron chi connectivity index (χ0n) is 14.2. The lowest BCUT2D eigenvalue weighted by Crippen LogP contribution is -2.17. The van der Waals surface area contributed by atoms with Gasteiger partial charge in [0.15, 0.2) is 11.2 Å². The van der Waals surface area contributed by atoms with E-state index in [4.69, 9.17) is 0 Å². The molecule has 0 aliphatic carbocycles. The van der Waals surface area contributed by atoms with Gasteiger partial charge in [-0.2, -0.15) is 9.67 Å². The van der Waals surface area contributed by atoms with E-state index in [0.29, 0.717) is 34.1 Å². The highest BCUT2D eigenvalue weighted by atomic mass is 19.1. The molecule has 2 aromatic carbocycles. The van der Waals surface area contributed by atoms with Crippen LogP contribution in [0, 0.1) is 5.82 Å². The van der Waals surface area contributed by atoms with Gasteiger partial charge in [0.25, 0.3) is 5.91 Å². The number of carbonyl (C=O) groups is 1. The molecule has 134 valence electrons. The molecular formula is C18H14FN7O. The molecular weight excluding hydrogens is 349 g/mol. The molecule has 0 spiro atoms. The Bertz CT molecular complexity index is 1120. The summed E-state index contributed by atoms with van der Waals surface area (Å²) >= 11 is 0. The molecule has 0 aliphatic rings. The Labute approximate surface area is 153 Å². The van der Waals surface area contributed by atoms with Crippen LogP contribution in [-0.4, -0.2) is 37.9 Å². The van der Waals surface area contributed by atoms with Gasteiger partial charge in [-0.25, -0.2) is 9.37 Å². The van der Waals surface area contributed by atoms with Gasteiger partial charge in [-0.1, -0.05) is 11.3 Å². The molecule has 27 heavy (non-hydrogen) atoms. The lowest BCUT2D eigenvalue weighted by Gasteiger charge is -2.06. The first kappa shape index (κ1) is 16.6. The quantitative estimate of drug-likeness (QED) is 0.578. The van der Waals surface area contributed by atoms with E-state index in [0.717, 1.165) is 0 Å². The maximum atomic E-state index is 13.5. The van der Waals surface area contributed by atoms with Gasteiger partial charge in [-0.05, 0) is 42.5 Å². The van der Waals surface area contributed by atoms with Crippen LogP contribution in [0.25, 0.3) is 16.9 Å². The number of fused-ring (bicyclic) bond motifs is 1. The predicted molar refractivity (Wildman–Crippen MR) is 97.5 cm³/mol. The topological polar surface area (TPSA) is 97.6 Å². The first-order chi connectivity index (χ1) is 13.1. The average Bonchev–Trinajstić information content (AvgIpc) is 3.11. The molecule has 0 aliphatic heterocycles. The van der Waals surface area contributed by atoms with Gasteiger partial charge in [-0.15, -0.1) is 5.10 Å². The Hall–Kier alpha value is -3.88. The lowest BCUT2D eigenvalue weighted by molar-refractivity contribution is 0.0963. The van der Waals surface area contributed by atoms with Crippen LogP contribution >= 0.6 is 0 Å². The Morgan fingerprint density at radius 3 is 2.70 bits per heavy atom. The van der Waals surface area contributed by atoms with Gasteiger partial charge in [0.05, 0.1) is 11.9 Å². The van der Waals surface area contributed by atoms with Crippen molar-refractivity contribution in [3.63, 3.8) is 0 Å². The predicted octanol–water partition coefficient (Wildman–Crippen LogP) is 2.45. The van der Waals surface area contributed by atoms with Gasteiger partial charge in [0, 0.05) is 18.3 Å². The van der Waals surface area contributed by atoms with Crippen molar-refractivity contribution in [2.45, 2.75) is 0 Å². The van der Waals surface area contributed by atoms with E-state index in [1.165, 1.54) is 23.0 Å². The number of aromatic nitrogens is 5. The molecule has 9 heteroatoms. The van der Waals surface area contributed by atoms with Crippen LogP contribution in [0.15, 0.2) is 54.7 Å². The average molecular weight is 363 g/mol. The Morgan fingerprint density at radius 2 is 1.96 bits per heavy atom. The van der Waals surface area contributed by atoms with Crippen LogP contribution in [0.3, 0.4) is 0 Å². The monoisotopic (exact) mass is 363 g/mol. The number of hydrogen-bond acceptors (Lipinski definition) is 6. The van der Waals surface area contributed by atoms with E-state index in [1.54, 1.807) is 43.4 Å². The molecule has 0 saturated carbocycles. The summed E-state index contributed by atoms with van der Waals surface area (Å²) in [4.78, 5) is 20.2. The van der Waals surface area contributed by atoms with E-state index >= 15 is 0 Å². The molecule has 1 amide bonds. The molecule has 0 atom stereocenters. The molecule has 0 bridgehead atoms. The summed E-state index contributed by atoms with van der Waals surface area (Å²) in [5, 5.41) is 13.7. The molecule has 2 aromatic heterocycles. The molecule has 0 radical (unpaired) electrons. The van der Waals surface area contributed by atoms with Crippen molar-refractivity contribution in [3.8, 4) is 5.69 Å². The van der Waals surface area contributed by atoms with E-state index in [2.05, 4.69) is 30.9 Å². The number of hydrogen-bond donors (Lipinski definition) is 2. The number of amides is 1. The summed E-state index contributed by atoms with van der Waals surface area (Å²) < 4.78 is 15.0. The maximum Gasteiger partial charge on any atom is 0.251 e. The Balaban J connectivity index is 1.65. The summed E-state index contributed by atoms with van der Waals surface area (Å²) in [7, 11) is 1.58. The fraction of sp³-hybridized carbons (Fsp3) is 0.0556. The fourth-order valence-corrected chi connectivity index (χ4v) is 2.55. The van der Waals surface area contributed by atoms with Gasteiger partial charge in [0.1, 0.15) is 5.82 Å². The van der Waals surface area contributed by atoms with Crippen molar-refractivity contribution in [2.75, 3.05) is 12.4 Å². The number of nitrogens with one attached hydrogen (secondary N) is 2. The number of rotatable bonds is 4. The van der Waals surface area contributed by atoms with E-state index in [1.807, 2.05) is 0 Å². The molecule has 2 heterocycles. The summed E-state index contributed by atoms with van der Waals surface area (Å²) in [5.74, 6) is -0.209. The largest absolute Gasteiger partial charge is 0.355 e. The molecule has 0 saturated heterocycles. The zero-order valence-corrected chi connectivity index (χ0v) is 14.2. The smallest absolute Gasteiger partial charge is 0.251 e. The molecule has 2 N–H and O–H groups in total. The van der Waals surface area contributed by atoms with Gasteiger partial charge in [0.2, 0.25) is 5.95 Å². The third kappa shape index (κ3) is 3.30. The molecule has 0 unspecified atom stereocenters. The number of anilines is 2. The van der Waals surface area contributed by atoms with Crippen LogP contribution < -0.4 is 10.6 Å². The minimum absolute atomic E-state index is 0.163. The van der Waals surface area contributed by atoms with Crippen LogP contribution in [0.5, 0.6) is 0 Å². The second-order valence-corrected chi connectivity index (χ2v) is 5.67. The van der Waals surface area contributed by atoms with Crippen LogP contribution in [0.2, 0.25) is 0 Å². The Morgan fingerprint density at radius 1 is 1.15 bits per heavy atom. The fourth-order valence-electron chi connectivity index (χ4n) is 2.55. The second kappa shape index (κ2) is 6.79. The Kier molecular flexibility index (Phi) is 4.17. The summed E-state index contributed by atoms with van der Waals surface area (Å²) in [6.45, 7) is 0. The minimum Gasteiger partial charge on any atom is -0.355 e. The van der Waals surface area contributed by atoms with Crippen LogP contribution in [0.1, 0.15) is 10.4 Å². The van der Waals surface area contributed by atoms with Crippen molar-refractivity contribution in [1.29, 1.82) is 0 Å². The number of halogens is 1. The summed E-state index contributed by atoms with van der Waals surface area (Å²) in [5.41, 5.74) is 2.71. The van der Waals surface area contributed by atoms with Crippen molar-refractivity contribution < 1.29 is 9.18 Å². The van der Waals surface area contributed by atoms with Crippen molar-refractivity contribution in [1.82, 2.24) is 30.3 Å². The lowest BCUT2D eigenvalue weighted by atomic mass is 10.2. The van der Waals surface area contributed by atoms with E-state index in [9.17, 15) is 9.18 Å². The van der Waals surface area contributed by atoms with E-state index < -0.39 is 0 Å². The minimum atomic E-state index is -0.375. The second-order valence-electron chi connectivity index (χ2n) is 5.67. The van der Waals surface area contributed by atoms with Crippen molar-refractivity contribution >= 4 is 28.7 Å². The van der Waals surface area contributed by atoms with Gasteiger partial charge >= 0.3 is 0 Å². The summed E-state index contributed by atoms with van der Waals surface area (Å²) in [6, 6.07) is 12.9. The highest BCUT2D eigenvalue weighted by Gasteiger charge is 2.11. The third-order valence-corrected chi connectivity index (χ3v) is 3.88. The summed E-state index contributed by atoms with van der Waals surface area (Å²) in [6.07, 6.45) is 1.53. The van der Waals surface area contributed by atoms with Gasteiger partial charge in [-0.3, -0.25) is 4.79 Å². The van der Waals surface area contributed by atoms with Crippen LogP contribution in [0.4, 0.5) is 16.0 Å². The number of benzene rings is 2. The van der Waals surface area contributed by atoms with Crippen LogP contribution in [-0.2, 0) is 0 Å². The number of carbonyl (C=O) groups excluding carboxylic acids is 1. The highest BCUT2D eigenvalue weighted by Crippen LogP contribution is 2.18. The van der Waals surface area contributed by atoms with Crippen molar-refractivity contribution in [3.05, 3.63) is 66.1 Å². The standard InChI is InChI=1S/C18H14FN7O/c1-20-17(27)11-5-7-13(8-6-11)22-18-21-10-15-16(23-18)26(25-24-15)14-4-2-3-12(19)9-14/h2-10H,1H3,(H,20,27)(H,21,22,23). The first-order valence-electron chi connectivity index (χ1n) is 8.07.